The Hall–Kier alpha value is -3.48. The van der Waals surface area contributed by atoms with E-state index in [9.17, 15) is 8.78 Å². The third-order valence-corrected chi connectivity index (χ3v) is 4.00. The summed E-state index contributed by atoms with van der Waals surface area (Å²) >= 11 is 0. The van der Waals surface area contributed by atoms with Gasteiger partial charge in [0, 0.05) is 24.3 Å². The third-order valence-electron chi connectivity index (χ3n) is 4.00. The summed E-state index contributed by atoms with van der Waals surface area (Å²) in [5, 5.41) is 7.45. The predicted octanol–water partition coefficient (Wildman–Crippen LogP) is 3.95. The molecule has 4 rings (SSSR count). The van der Waals surface area contributed by atoms with E-state index in [1.54, 1.807) is 58.4 Å². The topological polar surface area (TPSA) is 47.7 Å². The molecule has 130 valence electrons. The molecule has 4 aromatic rings. The van der Waals surface area contributed by atoms with Gasteiger partial charge in [-0.3, -0.25) is 0 Å². The fourth-order valence-corrected chi connectivity index (χ4v) is 2.70. The van der Waals surface area contributed by atoms with Crippen LogP contribution in [0.3, 0.4) is 0 Å². The second kappa shape index (κ2) is 6.79. The number of halogens is 2. The van der Waals surface area contributed by atoms with Crippen LogP contribution in [-0.4, -0.2) is 19.3 Å². The largest absolute Gasteiger partial charge is 0.379 e. The van der Waals surface area contributed by atoms with Gasteiger partial charge in [-0.05, 0) is 48.5 Å². The maximum absolute atomic E-state index is 14.3. The van der Waals surface area contributed by atoms with Crippen molar-refractivity contribution in [3.05, 3.63) is 90.8 Å². The number of nitrogens with one attached hydrogen (secondary N) is 1. The van der Waals surface area contributed by atoms with Crippen LogP contribution in [0.2, 0.25) is 0 Å². The van der Waals surface area contributed by atoms with Crippen molar-refractivity contribution in [2.75, 3.05) is 5.32 Å². The van der Waals surface area contributed by atoms with E-state index in [2.05, 4.69) is 15.4 Å². The summed E-state index contributed by atoms with van der Waals surface area (Å²) in [6.45, 7) is 0.446. The van der Waals surface area contributed by atoms with Crippen molar-refractivity contribution in [1.29, 1.82) is 0 Å². The van der Waals surface area contributed by atoms with Crippen LogP contribution in [0.5, 0.6) is 0 Å². The standard InChI is InChI=1S/C19H15F2N5/c20-14-1-4-16(5-2-14)26-17(7-8-24-26)12-23-15-3-6-19(18(21)11-15)25-10-9-22-13-25/h1-11,13,23H,12H2. The Morgan fingerprint density at radius 3 is 2.54 bits per heavy atom. The van der Waals surface area contributed by atoms with E-state index < -0.39 is 0 Å². The normalized spacial score (nSPS) is 10.8. The summed E-state index contributed by atoms with van der Waals surface area (Å²) in [7, 11) is 0. The number of anilines is 1. The molecule has 0 saturated heterocycles. The van der Waals surface area contributed by atoms with Gasteiger partial charge in [0.25, 0.3) is 0 Å². The van der Waals surface area contributed by atoms with E-state index in [1.807, 2.05) is 6.07 Å². The Kier molecular flexibility index (Phi) is 4.18. The van der Waals surface area contributed by atoms with Gasteiger partial charge in [0.1, 0.15) is 11.6 Å². The first-order valence-corrected chi connectivity index (χ1v) is 8.01. The number of nitrogens with zero attached hydrogens (tertiary/aromatic N) is 4. The summed E-state index contributed by atoms with van der Waals surface area (Å²) in [6, 6.07) is 12.9. The molecule has 0 unspecified atom stereocenters. The molecule has 0 atom stereocenters. The Labute approximate surface area is 148 Å². The van der Waals surface area contributed by atoms with Gasteiger partial charge in [0.2, 0.25) is 0 Å². The third kappa shape index (κ3) is 3.19. The summed E-state index contributed by atoms with van der Waals surface area (Å²) < 4.78 is 30.7. The molecule has 0 aliphatic heterocycles. The molecule has 2 aromatic carbocycles. The molecule has 1 N–H and O–H groups in total. The van der Waals surface area contributed by atoms with Crippen molar-refractivity contribution < 1.29 is 8.78 Å². The molecule has 2 aromatic heterocycles. The van der Waals surface area contributed by atoms with Crippen molar-refractivity contribution in [2.45, 2.75) is 6.54 Å². The van der Waals surface area contributed by atoms with Crippen LogP contribution in [0.25, 0.3) is 11.4 Å². The number of hydrogen-bond donors (Lipinski definition) is 1. The fraction of sp³-hybridized carbons (Fsp3) is 0.0526. The molecule has 26 heavy (non-hydrogen) atoms. The molecule has 5 nitrogen and oxygen atoms in total. The molecule has 0 saturated carbocycles. The van der Waals surface area contributed by atoms with Gasteiger partial charge >= 0.3 is 0 Å². The molecule has 0 fully saturated rings. The first-order chi connectivity index (χ1) is 12.7. The van der Waals surface area contributed by atoms with Crippen molar-refractivity contribution >= 4 is 5.69 Å². The van der Waals surface area contributed by atoms with Crippen LogP contribution in [-0.2, 0) is 6.54 Å². The van der Waals surface area contributed by atoms with Crippen molar-refractivity contribution in [2.24, 2.45) is 0 Å². The molecular formula is C19H15F2N5. The number of hydrogen-bond acceptors (Lipinski definition) is 3. The van der Waals surface area contributed by atoms with Crippen molar-refractivity contribution in [3.8, 4) is 11.4 Å². The molecular weight excluding hydrogens is 336 g/mol. The fourth-order valence-electron chi connectivity index (χ4n) is 2.70. The summed E-state index contributed by atoms with van der Waals surface area (Å²) in [5.74, 6) is -0.644. The number of imidazole rings is 1. The monoisotopic (exact) mass is 351 g/mol. The summed E-state index contributed by atoms with van der Waals surface area (Å²) in [4.78, 5) is 3.92. The lowest BCUT2D eigenvalue weighted by molar-refractivity contribution is 0.618. The molecule has 0 spiro atoms. The lowest BCUT2D eigenvalue weighted by Crippen LogP contribution is -2.08. The Balaban J connectivity index is 1.51. The highest BCUT2D eigenvalue weighted by Crippen LogP contribution is 2.19. The molecule has 0 aliphatic carbocycles. The smallest absolute Gasteiger partial charge is 0.149 e. The molecule has 0 amide bonds. The zero-order valence-corrected chi connectivity index (χ0v) is 13.7. The highest BCUT2D eigenvalue weighted by Gasteiger charge is 2.08. The average Bonchev–Trinajstić information content (AvgIpc) is 3.33. The lowest BCUT2D eigenvalue weighted by atomic mass is 10.2. The average molecular weight is 351 g/mol. The van der Waals surface area contributed by atoms with Gasteiger partial charge in [-0.15, -0.1) is 0 Å². The first-order valence-electron chi connectivity index (χ1n) is 8.01. The highest BCUT2D eigenvalue weighted by molar-refractivity contribution is 5.50. The van der Waals surface area contributed by atoms with Crippen LogP contribution in [0.4, 0.5) is 14.5 Å². The van der Waals surface area contributed by atoms with Gasteiger partial charge in [0.15, 0.2) is 0 Å². The number of benzene rings is 2. The van der Waals surface area contributed by atoms with E-state index in [0.717, 1.165) is 11.4 Å². The molecule has 0 aliphatic rings. The van der Waals surface area contributed by atoms with E-state index in [0.29, 0.717) is 17.9 Å². The zero-order valence-electron chi connectivity index (χ0n) is 13.7. The van der Waals surface area contributed by atoms with Gasteiger partial charge in [-0.2, -0.15) is 5.10 Å². The first kappa shape index (κ1) is 16.0. The van der Waals surface area contributed by atoms with Crippen LogP contribution in [0.1, 0.15) is 5.69 Å². The van der Waals surface area contributed by atoms with Crippen LogP contribution < -0.4 is 5.32 Å². The van der Waals surface area contributed by atoms with E-state index >= 15 is 0 Å². The second-order valence-electron chi connectivity index (χ2n) is 5.70. The maximum atomic E-state index is 14.3. The minimum Gasteiger partial charge on any atom is -0.379 e. The SMILES string of the molecule is Fc1ccc(-n2nccc2CNc2ccc(-n3ccnc3)c(F)c2)cc1. The van der Waals surface area contributed by atoms with Gasteiger partial charge in [-0.1, -0.05) is 0 Å². The Bertz CT molecular complexity index is 1010. The van der Waals surface area contributed by atoms with Crippen molar-refractivity contribution in [1.82, 2.24) is 19.3 Å². The highest BCUT2D eigenvalue weighted by atomic mass is 19.1. The van der Waals surface area contributed by atoms with E-state index in [1.165, 1.54) is 18.2 Å². The Morgan fingerprint density at radius 2 is 1.81 bits per heavy atom. The van der Waals surface area contributed by atoms with Gasteiger partial charge in [0.05, 0.1) is 29.9 Å². The van der Waals surface area contributed by atoms with Crippen LogP contribution in [0.15, 0.2) is 73.4 Å². The molecule has 7 heteroatoms. The van der Waals surface area contributed by atoms with E-state index in [4.69, 9.17) is 0 Å². The minimum absolute atomic E-state index is 0.297. The lowest BCUT2D eigenvalue weighted by Gasteiger charge is -2.11. The number of rotatable bonds is 5. The van der Waals surface area contributed by atoms with Crippen LogP contribution >= 0.6 is 0 Å². The van der Waals surface area contributed by atoms with Crippen molar-refractivity contribution in [3.63, 3.8) is 0 Å². The summed E-state index contributed by atoms with van der Waals surface area (Å²) in [6.07, 6.45) is 6.50. The maximum Gasteiger partial charge on any atom is 0.149 e. The Morgan fingerprint density at radius 1 is 0.962 bits per heavy atom. The summed E-state index contributed by atoms with van der Waals surface area (Å²) in [5.41, 5.74) is 2.72. The number of aromatic nitrogens is 4. The van der Waals surface area contributed by atoms with E-state index in [-0.39, 0.29) is 11.6 Å². The second-order valence-corrected chi connectivity index (χ2v) is 5.70. The van der Waals surface area contributed by atoms with Crippen LogP contribution in [0, 0.1) is 11.6 Å². The predicted molar refractivity (Wildman–Crippen MR) is 94.4 cm³/mol. The minimum atomic E-state index is -0.347. The van der Waals surface area contributed by atoms with Gasteiger partial charge in [-0.25, -0.2) is 18.4 Å². The van der Waals surface area contributed by atoms with Gasteiger partial charge < -0.3 is 9.88 Å². The molecule has 2 heterocycles. The molecule has 0 radical (unpaired) electrons. The molecule has 0 bridgehead atoms. The zero-order chi connectivity index (χ0) is 17.9. The quantitative estimate of drug-likeness (QED) is 0.592.